The molecule has 1 atom stereocenters. The lowest BCUT2D eigenvalue weighted by molar-refractivity contribution is 0.759. The van der Waals surface area contributed by atoms with Gasteiger partial charge >= 0.3 is 0 Å². The standard InChI is InChI=1S/C12H17N5/c1-7-5-8(2)16-12(15-7)17-10(4)11(6-14-17)9(3)13/h5-6,9H,13H2,1-4H3. The Balaban J connectivity index is 2.53. The summed E-state index contributed by atoms with van der Waals surface area (Å²) in [6, 6.07) is 1.91. The Morgan fingerprint density at radius 2 is 1.76 bits per heavy atom. The number of hydrogen-bond acceptors (Lipinski definition) is 4. The van der Waals surface area contributed by atoms with Gasteiger partial charge in [0, 0.05) is 28.7 Å². The highest BCUT2D eigenvalue weighted by molar-refractivity contribution is 5.27. The molecule has 90 valence electrons. The Bertz CT molecular complexity index is 522. The molecule has 0 radical (unpaired) electrons. The van der Waals surface area contributed by atoms with Crippen molar-refractivity contribution in [2.75, 3.05) is 0 Å². The van der Waals surface area contributed by atoms with Crippen LogP contribution in [0, 0.1) is 20.8 Å². The fourth-order valence-electron chi connectivity index (χ4n) is 1.87. The number of hydrogen-bond donors (Lipinski definition) is 1. The van der Waals surface area contributed by atoms with E-state index in [4.69, 9.17) is 5.73 Å². The van der Waals surface area contributed by atoms with Crippen molar-refractivity contribution in [1.29, 1.82) is 0 Å². The van der Waals surface area contributed by atoms with E-state index in [0.29, 0.717) is 5.95 Å². The Labute approximate surface area is 101 Å². The molecule has 5 heteroatoms. The van der Waals surface area contributed by atoms with Gasteiger partial charge in [0.25, 0.3) is 5.95 Å². The van der Waals surface area contributed by atoms with E-state index in [2.05, 4.69) is 15.1 Å². The SMILES string of the molecule is Cc1cc(C)nc(-n2ncc(C(C)N)c2C)n1. The second kappa shape index (κ2) is 4.25. The van der Waals surface area contributed by atoms with Crippen molar-refractivity contribution in [1.82, 2.24) is 19.7 Å². The monoisotopic (exact) mass is 231 g/mol. The summed E-state index contributed by atoms with van der Waals surface area (Å²) < 4.78 is 1.73. The summed E-state index contributed by atoms with van der Waals surface area (Å²) in [7, 11) is 0. The normalized spacial score (nSPS) is 12.8. The first-order valence-corrected chi connectivity index (χ1v) is 5.62. The molecule has 0 fully saturated rings. The predicted octanol–water partition coefficient (Wildman–Crippen LogP) is 1.61. The third kappa shape index (κ3) is 2.19. The molecule has 0 amide bonds. The van der Waals surface area contributed by atoms with Gasteiger partial charge in [-0.1, -0.05) is 0 Å². The van der Waals surface area contributed by atoms with Crippen molar-refractivity contribution in [3.63, 3.8) is 0 Å². The Morgan fingerprint density at radius 3 is 2.24 bits per heavy atom. The average Bonchev–Trinajstić information content (AvgIpc) is 2.58. The number of nitrogens with two attached hydrogens (primary N) is 1. The van der Waals surface area contributed by atoms with E-state index in [1.807, 2.05) is 33.8 Å². The molecule has 0 aliphatic carbocycles. The molecule has 2 rings (SSSR count). The first-order valence-electron chi connectivity index (χ1n) is 5.62. The van der Waals surface area contributed by atoms with Gasteiger partial charge in [0.1, 0.15) is 0 Å². The van der Waals surface area contributed by atoms with Crippen LogP contribution >= 0.6 is 0 Å². The fourth-order valence-corrected chi connectivity index (χ4v) is 1.87. The van der Waals surface area contributed by atoms with Gasteiger partial charge in [-0.15, -0.1) is 0 Å². The molecule has 2 aromatic heterocycles. The molecule has 0 saturated carbocycles. The Kier molecular flexibility index (Phi) is 2.93. The number of aromatic nitrogens is 4. The van der Waals surface area contributed by atoms with Crippen LogP contribution in [0.1, 0.15) is 35.6 Å². The lowest BCUT2D eigenvalue weighted by Crippen LogP contribution is -2.09. The molecule has 0 aliphatic rings. The maximum atomic E-state index is 5.87. The van der Waals surface area contributed by atoms with E-state index in [9.17, 15) is 0 Å². The van der Waals surface area contributed by atoms with E-state index >= 15 is 0 Å². The zero-order valence-corrected chi connectivity index (χ0v) is 10.6. The highest BCUT2D eigenvalue weighted by atomic mass is 15.3. The molecule has 1 unspecified atom stereocenters. The van der Waals surface area contributed by atoms with Gasteiger partial charge in [-0.25, -0.2) is 14.6 Å². The fraction of sp³-hybridized carbons (Fsp3) is 0.417. The summed E-state index contributed by atoms with van der Waals surface area (Å²) in [4.78, 5) is 8.77. The van der Waals surface area contributed by atoms with Crippen LogP contribution in [0.5, 0.6) is 0 Å². The minimum Gasteiger partial charge on any atom is -0.324 e. The first-order chi connectivity index (χ1) is 7.99. The number of aryl methyl sites for hydroxylation is 2. The molecule has 0 aliphatic heterocycles. The Hall–Kier alpha value is -1.75. The van der Waals surface area contributed by atoms with Gasteiger partial charge < -0.3 is 5.73 Å². The summed E-state index contributed by atoms with van der Waals surface area (Å²) in [5.74, 6) is 0.604. The van der Waals surface area contributed by atoms with E-state index in [1.54, 1.807) is 10.9 Å². The zero-order valence-electron chi connectivity index (χ0n) is 10.6. The van der Waals surface area contributed by atoms with Crippen molar-refractivity contribution in [2.45, 2.75) is 33.7 Å². The smallest absolute Gasteiger partial charge is 0.251 e. The molecule has 2 heterocycles. The molecule has 0 bridgehead atoms. The summed E-state index contributed by atoms with van der Waals surface area (Å²) in [5, 5.41) is 4.30. The van der Waals surface area contributed by atoms with Crippen LogP contribution in [0.4, 0.5) is 0 Å². The maximum absolute atomic E-state index is 5.87. The van der Waals surface area contributed by atoms with Gasteiger partial charge in [0.15, 0.2) is 0 Å². The van der Waals surface area contributed by atoms with Crippen molar-refractivity contribution < 1.29 is 0 Å². The van der Waals surface area contributed by atoms with E-state index in [1.165, 1.54) is 0 Å². The summed E-state index contributed by atoms with van der Waals surface area (Å²) in [6.07, 6.45) is 1.78. The number of nitrogens with zero attached hydrogens (tertiary/aromatic N) is 4. The molecule has 17 heavy (non-hydrogen) atoms. The van der Waals surface area contributed by atoms with Crippen molar-refractivity contribution >= 4 is 0 Å². The second-order valence-corrected chi connectivity index (χ2v) is 4.34. The van der Waals surface area contributed by atoms with Crippen LogP contribution in [0.25, 0.3) is 5.95 Å². The van der Waals surface area contributed by atoms with Crippen LogP contribution in [-0.2, 0) is 0 Å². The highest BCUT2D eigenvalue weighted by Gasteiger charge is 2.13. The van der Waals surface area contributed by atoms with Crippen molar-refractivity contribution in [2.24, 2.45) is 5.73 Å². The highest BCUT2D eigenvalue weighted by Crippen LogP contribution is 2.16. The van der Waals surface area contributed by atoms with Crippen LogP contribution < -0.4 is 5.73 Å². The lowest BCUT2D eigenvalue weighted by atomic mass is 10.1. The average molecular weight is 231 g/mol. The van der Waals surface area contributed by atoms with Crippen molar-refractivity contribution in [3.05, 3.63) is 34.9 Å². The van der Waals surface area contributed by atoms with Gasteiger partial charge in [-0.05, 0) is 33.8 Å². The first kappa shape index (κ1) is 11.7. The van der Waals surface area contributed by atoms with E-state index in [0.717, 1.165) is 22.6 Å². The molecular formula is C12H17N5. The van der Waals surface area contributed by atoms with Crippen LogP contribution in [0.3, 0.4) is 0 Å². The summed E-state index contributed by atoms with van der Waals surface area (Å²) >= 11 is 0. The molecule has 2 N–H and O–H groups in total. The summed E-state index contributed by atoms with van der Waals surface area (Å²) in [6.45, 7) is 7.82. The van der Waals surface area contributed by atoms with Gasteiger partial charge in [-0.2, -0.15) is 5.10 Å². The molecule has 0 aromatic carbocycles. The van der Waals surface area contributed by atoms with E-state index in [-0.39, 0.29) is 6.04 Å². The molecule has 0 spiro atoms. The molecule has 5 nitrogen and oxygen atoms in total. The van der Waals surface area contributed by atoms with Crippen LogP contribution in [-0.4, -0.2) is 19.7 Å². The van der Waals surface area contributed by atoms with Gasteiger partial charge in [-0.3, -0.25) is 0 Å². The predicted molar refractivity (Wildman–Crippen MR) is 66.0 cm³/mol. The quantitative estimate of drug-likeness (QED) is 0.852. The minimum atomic E-state index is -0.0327. The van der Waals surface area contributed by atoms with E-state index < -0.39 is 0 Å². The van der Waals surface area contributed by atoms with Gasteiger partial charge in [0.05, 0.1) is 6.20 Å². The lowest BCUT2D eigenvalue weighted by Gasteiger charge is -2.07. The molecular weight excluding hydrogens is 214 g/mol. The topological polar surface area (TPSA) is 69.6 Å². The summed E-state index contributed by atoms with van der Waals surface area (Å²) in [5.41, 5.74) is 9.75. The van der Waals surface area contributed by atoms with Crippen molar-refractivity contribution in [3.8, 4) is 5.95 Å². The molecule has 2 aromatic rings. The van der Waals surface area contributed by atoms with Crippen LogP contribution in [0.15, 0.2) is 12.3 Å². The minimum absolute atomic E-state index is 0.0327. The largest absolute Gasteiger partial charge is 0.324 e. The third-order valence-corrected chi connectivity index (χ3v) is 2.70. The van der Waals surface area contributed by atoms with Gasteiger partial charge in [0.2, 0.25) is 0 Å². The maximum Gasteiger partial charge on any atom is 0.251 e. The van der Waals surface area contributed by atoms with Crippen LogP contribution in [0.2, 0.25) is 0 Å². The Morgan fingerprint density at radius 1 is 1.18 bits per heavy atom. The third-order valence-electron chi connectivity index (χ3n) is 2.70. The second-order valence-electron chi connectivity index (χ2n) is 4.34. The number of rotatable bonds is 2. The zero-order chi connectivity index (χ0) is 12.6. The molecule has 0 saturated heterocycles.